The van der Waals surface area contributed by atoms with Crippen LogP contribution in [-0.4, -0.2) is 35.0 Å². The lowest BCUT2D eigenvalue weighted by atomic mass is 9.84. The van der Waals surface area contributed by atoms with Gasteiger partial charge in [-0.05, 0) is 36.8 Å². The number of aliphatic hydroxyl groups excluding tert-OH is 1. The second-order valence-corrected chi connectivity index (χ2v) is 8.80. The van der Waals surface area contributed by atoms with Crippen molar-refractivity contribution in [2.75, 3.05) is 19.9 Å². The van der Waals surface area contributed by atoms with Crippen molar-refractivity contribution in [3.05, 3.63) is 75.9 Å². The highest BCUT2D eigenvalue weighted by Crippen LogP contribution is 2.46. The molecule has 0 spiro atoms. The van der Waals surface area contributed by atoms with Gasteiger partial charge in [0.1, 0.15) is 17.3 Å². The molecule has 3 aromatic rings. The molecular weight excluding hydrogens is 417 g/mol. The van der Waals surface area contributed by atoms with Crippen molar-refractivity contribution >= 4 is 11.6 Å². The minimum absolute atomic E-state index is 0.187. The zero-order valence-corrected chi connectivity index (χ0v) is 18.5. The summed E-state index contributed by atoms with van der Waals surface area (Å²) in [5.74, 6) is 0.128. The van der Waals surface area contributed by atoms with Crippen molar-refractivity contribution in [1.29, 1.82) is 0 Å². The van der Waals surface area contributed by atoms with E-state index in [2.05, 4.69) is 24.1 Å². The van der Waals surface area contributed by atoms with Crippen LogP contribution in [0.25, 0.3) is 11.3 Å². The Morgan fingerprint density at radius 2 is 2.10 bits per heavy atom. The summed E-state index contributed by atoms with van der Waals surface area (Å²) in [6, 6.07) is 10.3. The maximum Gasteiger partial charge on any atom is 0.149 e. The number of nitrogens with one attached hydrogen (secondary N) is 1. The molecule has 0 fully saturated rings. The highest BCUT2D eigenvalue weighted by molar-refractivity contribution is 6.33. The lowest BCUT2D eigenvalue weighted by Gasteiger charge is -2.22. The van der Waals surface area contributed by atoms with Gasteiger partial charge in [0.25, 0.3) is 0 Å². The van der Waals surface area contributed by atoms with E-state index in [1.54, 1.807) is 12.3 Å². The predicted molar refractivity (Wildman–Crippen MR) is 119 cm³/mol. The van der Waals surface area contributed by atoms with Gasteiger partial charge in [0.15, 0.2) is 0 Å². The van der Waals surface area contributed by atoms with E-state index in [9.17, 15) is 9.50 Å². The van der Waals surface area contributed by atoms with Gasteiger partial charge in [-0.2, -0.15) is 0 Å². The number of fused-ring (bicyclic) bond motifs is 1. The number of ether oxygens (including phenoxy) is 1. The van der Waals surface area contributed by atoms with Gasteiger partial charge >= 0.3 is 0 Å². The van der Waals surface area contributed by atoms with Gasteiger partial charge in [0.2, 0.25) is 0 Å². The maximum absolute atomic E-state index is 14.0. The van der Waals surface area contributed by atoms with Crippen LogP contribution in [0.4, 0.5) is 4.39 Å². The van der Waals surface area contributed by atoms with E-state index in [4.69, 9.17) is 21.3 Å². The Balaban J connectivity index is 1.94. The third kappa shape index (κ3) is 4.15. The van der Waals surface area contributed by atoms with Crippen LogP contribution < -0.4 is 10.1 Å². The van der Waals surface area contributed by atoms with E-state index in [0.29, 0.717) is 35.3 Å². The molecule has 5 nitrogen and oxygen atoms in total. The van der Waals surface area contributed by atoms with Crippen LogP contribution in [0.3, 0.4) is 0 Å². The van der Waals surface area contributed by atoms with Gasteiger partial charge in [-0.15, -0.1) is 0 Å². The largest absolute Gasteiger partial charge is 0.490 e. The highest BCUT2D eigenvalue weighted by atomic mass is 35.5. The van der Waals surface area contributed by atoms with Crippen molar-refractivity contribution < 1.29 is 14.2 Å². The molecule has 4 rings (SSSR count). The minimum Gasteiger partial charge on any atom is -0.490 e. The van der Waals surface area contributed by atoms with E-state index < -0.39 is 0 Å². The van der Waals surface area contributed by atoms with Crippen molar-refractivity contribution in [1.82, 2.24) is 15.3 Å². The molecule has 2 N–H and O–H groups in total. The number of halogens is 2. The van der Waals surface area contributed by atoms with E-state index >= 15 is 0 Å². The van der Waals surface area contributed by atoms with E-state index in [1.165, 1.54) is 12.1 Å². The van der Waals surface area contributed by atoms with Crippen molar-refractivity contribution in [2.45, 2.75) is 32.1 Å². The molecular formula is C24H25ClFN3O2. The van der Waals surface area contributed by atoms with E-state index in [-0.39, 0.29) is 23.9 Å². The number of hydrogen-bond donors (Lipinski definition) is 2. The number of aliphatic hydroxyl groups is 1. The fourth-order valence-electron chi connectivity index (χ4n) is 3.95. The van der Waals surface area contributed by atoms with Crippen LogP contribution in [-0.2, 0) is 5.41 Å². The molecule has 7 heteroatoms. The van der Waals surface area contributed by atoms with Crippen LogP contribution in [0.15, 0.2) is 42.6 Å². The number of aromatic nitrogens is 2. The minimum atomic E-state index is -0.315. The first-order valence-corrected chi connectivity index (χ1v) is 10.6. The van der Waals surface area contributed by atoms with Crippen LogP contribution in [0, 0.1) is 12.7 Å². The second-order valence-electron chi connectivity index (χ2n) is 8.42. The molecule has 3 heterocycles. The Kier molecular flexibility index (Phi) is 5.97. The number of pyridine rings is 2. The normalized spacial score (nSPS) is 15.4. The Labute approximate surface area is 186 Å². The molecule has 0 saturated carbocycles. The Morgan fingerprint density at radius 3 is 2.84 bits per heavy atom. The smallest absolute Gasteiger partial charge is 0.149 e. The summed E-state index contributed by atoms with van der Waals surface area (Å²) in [5.41, 5.74) is 4.45. The number of aryl methyl sites for hydroxylation is 1. The Hall–Kier alpha value is -2.54. The summed E-state index contributed by atoms with van der Waals surface area (Å²) in [6.45, 7) is 6.83. The molecule has 1 aliphatic rings. The summed E-state index contributed by atoms with van der Waals surface area (Å²) in [7, 11) is 0. The summed E-state index contributed by atoms with van der Waals surface area (Å²) in [4.78, 5) is 9.22. The Bertz CT molecular complexity index is 1120. The van der Waals surface area contributed by atoms with Gasteiger partial charge in [0.05, 0.1) is 29.7 Å². The first-order chi connectivity index (χ1) is 14.8. The molecule has 1 aromatic carbocycles. The predicted octanol–water partition coefficient (Wildman–Crippen LogP) is 4.59. The number of hydrogen-bond acceptors (Lipinski definition) is 5. The molecule has 1 unspecified atom stereocenters. The number of benzene rings is 1. The van der Waals surface area contributed by atoms with Gasteiger partial charge < -0.3 is 9.84 Å². The molecule has 1 atom stereocenters. The standard InChI is InChI=1S/C24H25ClFN3O2/c1-14-21(25)17(7-8-28-14)22-23-19(24(2,3)12-31-23)10-20(29-22)18(11-27-13-30)15-5-4-6-16(26)9-15/h4-10,18,27,30H,11-13H2,1-3H3. The van der Waals surface area contributed by atoms with E-state index in [1.807, 2.05) is 25.1 Å². The van der Waals surface area contributed by atoms with Crippen molar-refractivity contribution in [3.8, 4) is 17.0 Å². The zero-order valence-electron chi connectivity index (χ0n) is 17.7. The van der Waals surface area contributed by atoms with Crippen LogP contribution in [0.5, 0.6) is 5.75 Å². The summed E-state index contributed by atoms with van der Waals surface area (Å²) < 4.78 is 20.1. The molecule has 0 amide bonds. The summed E-state index contributed by atoms with van der Waals surface area (Å²) in [5, 5.41) is 12.8. The first kappa shape index (κ1) is 21.7. The van der Waals surface area contributed by atoms with Crippen LogP contribution in [0.2, 0.25) is 5.02 Å². The average Bonchev–Trinajstić information content (AvgIpc) is 3.05. The lowest BCUT2D eigenvalue weighted by molar-refractivity contribution is 0.259. The van der Waals surface area contributed by atoms with E-state index in [0.717, 1.165) is 22.4 Å². The third-order valence-electron chi connectivity index (χ3n) is 5.69. The summed E-state index contributed by atoms with van der Waals surface area (Å²) >= 11 is 6.60. The maximum atomic E-state index is 14.0. The Morgan fingerprint density at radius 1 is 1.29 bits per heavy atom. The molecule has 162 valence electrons. The van der Waals surface area contributed by atoms with Crippen molar-refractivity contribution in [3.63, 3.8) is 0 Å². The monoisotopic (exact) mass is 441 g/mol. The van der Waals surface area contributed by atoms with Gasteiger partial charge in [-0.25, -0.2) is 9.37 Å². The topological polar surface area (TPSA) is 67.3 Å². The van der Waals surface area contributed by atoms with Crippen LogP contribution in [0.1, 0.15) is 42.3 Å². The van der Waals surface area contributed by atoms with Gasteiger partial charge in [0, 0.05) is 35.2 Å². The quantitative estimate of drug-likeness (QED) is 0.548. The summed E-state index contributed by atoms with van der Waals surface area (Å²) in [6.07, 6.45) is 1.70. The number of nitrogens with zero attached hydrogens (tertiary/aromatic N) is 2. The van der Waals surface area contributed by atoms with Crippen LogP contribution >= 0.6 is 11.6 Å². The number of rotatable bonds is 6. The first-order valence-electron chi connectivity index (χ1n) is 10.2. The lowest BCUT2D eigenvalue weighted by Crippen LogP contribution is -2.24. The van der Waals surface area contributed by atoms with Gasteiger partial charge in [-0.1, -0.05) is 37.6 Å². The fraction of sp³-hybridized carbons (Fsp3) is 0.333. The molecule has 0 saturated heterocycles. The SMILES string of the molecule is Cc1nccc(-c2nc(C(CNCO)c3cccc(F)c3)cc3c2OCC3(C)C)c1Cl. The second kappa shape index (κ2) is 8.54. The molecule has 0 radical (unpaired) electrons. The average molecular weight is 442 g/mol. The molecule has 2 aromatic heterocycles. The molecule has 0 aliphatic carbocycles. The third-order valence-corrected chi connectivity index (χ3v) is 6.16. The molecule has 31 heavy (non-hydrogen) atoms. The highest BCUT2D eigenvalue weighted by Gasteiger charge is 2.36. The van der Waals surface area contributed by atoms with Crippen molar-refractivity contribution in [2.24, 2.45) is 0 Å². The van der Waals surface area contributed by atoms with Gasteiger partial charge in [-0.3, -0.25) is 10.3 Å². The molecule has 0 bridgehead atoms. The fourth-order valence-corrected chi connectivity index (χ4v) is 4.15. The zero-order chi connectivity index (χ0) is 22.2. The molecule has 1 aliphatic heterocycles.